The molecule has 1 N–H and O–H groups in total. The SMILES string of the molecule is CCC(C)CNCCN1CCN(C)CC1. The van der Waals surface area contributed by atoms with Crippen molar-refractivity contribution >= 4 is 0 Å². The molecule has 1 aliphatic heterocycles. The Morgan fingerprint density at radius 2 is 1.87 bits per heavy atom. The lowest BCUT2D eigenvalue weighted by Crippen LogP contribution is -2.46. The summed E-state index contributed by atoms with van der Waals surface area (Å²) < 4.78 is 0. The molecule has 1 rings (SSSR count). The van der Waals surface area contributed by atoms with E-state index in [0.717, 1.165) is 12.5 Å². The molecule has 0 radical (unpaired) electrons. The van der Waals surface area contributed by atoms with Gasteiger partial charge in [0, 0.05) is 39.3 Å². The Bertz CT molecular complexity index is 153. The van der Waals surface area contributed by atoms with Crippen molar-refractivity contribution in [2.45, 2.75) is 20.3 Å². The van der Waals surface area contributed by atoms with Crippen LogP contribution < -0.4 is 5.32 Å². The fraction of sp³-hybridized carbons (Fsp3) is 1.00. The summed E-state index contributed by atoms with van der Waals surface area (Å²) in [5.74, 6) is 0.817. The van der Waals surface area contributed by atoms with E-state index < -0.39 is 0 Å². The van der Waals surface area contributed by atoms with Crippen molar-refractivity contribution < 1.29 is 0 Å². The summed E-state index contributed by atoms with van der Waals surface area (Å²) in [5.41, 5.74) is 0. The van der Waals surface area contributed by atoms with Crippen molar-refractivity contribution in [1.29, 1.82) is 0 Å². The third kappa shape index (κ3) is 5.50. The molecule has 0 amide bonds. The van der Waals surface area contributed by atoms with Gasteiger partial charge in [0.15, 0.2) is 0 Å². The lowest BCUT2D eigenvalue weighted by atomic mass is 10.1. The molecule has 3 heteroatoms. The predicted octanol–water partition coefficient (Wildman–Crippen LogP) is 0.870. The van der Waals surface area contributed by atoms with Crippen molar-refractivity contribution in [3.8, 4) is 0 Å². The first-order valence-corrected chi connectivity index (χ1v) is 6.34. The Morgan fingerprint density at radius 3 is 2.47 bits per heavy atom. The molecule has 0 saturated carbocycles. The predicted molar refractivity (Wildman–Crippen MR) is 66.3 cm³/mol. The average Bonchev–Trinajstić information content (AvgIpc) is 2.26. The van der Waals surface area contributed by atoms with Gasteiger partial charge in [0.25, 0.3) is 0 Å². The summed E-state index contributed by atoms with van der Waals surface area (Å²) >= 11 is 0. The second-order valence-electron chi connectivity index (χ2n) is 4.86. The Kier molecular flexibility index (Phi) is 6.22. The third-order valence-electron chi connectivity index (χ3n) is 3.39. The monoisotopic (exact) mass is 213 g/mol. The maximum atomic E-state index is 3.54. The topological polar surface area (TPSA) is 18.5 Å². The van der Waals surface area contributed by atoms with Gasteiger partial charge in [-0.3, -0.25) is 4.90 Å². The first kappa shape index (κ1) is 12.9. The fourth-order valence-electron chi connectivity index (χ4n) is 1.80. The molecule has 90 valence electrons. The Balaban J connectivity index is 1.96. The molecule has 1 unspecified atom stereocenters. The van der Waals surface area contributed by atoms with E-state index in [-0.39, 0.29) is 0 Å². The fourth-order valence-corrected chi connectivity index (χ4v) is 1.80. The zero-order valence-electron chi connectivity index (χ0n) is 10.6. The van der Waals surface area contributed by atoms with Gasteiger partial charge in [-0.05, 0) is 19.5 Å². The van der Waals surface area contributed by atoms with Crippen LogP contribution in [0.5, 0.6) is 0 Å². The average molecular weight is 213 g/mol. The van der Waals surface area contributed by atoms with Gasteiger partial charge in [0.05, 0.1) is 0 Å². The second kappa shape index (κ2) is 7.20. The molecule has 1 heterocycles. The largest absolute Gasteiger partial charge is 0.315 e. The number of hydrogen-bond acceptors (Lipinski definition) is 3. The summed E-state index contributed by atoms with van der Waals surface area (Å²) in [6, 6.07) is 0. The number of piperazine rings is 1. The number of nitrogens with zero attached hydrogens (tertiary/aromatic N) is 2. The summed E-state index contributed by atoms with van der Waals surface area (Å²) in [4.78, 5) is 4.96. The first-order chi connectivity index (χ1) is 7.22. The van der Waals surface area contributed by atoms with Crippen LogP contribution in [0.25, 0.3) is 0 Å². The molecular weight excluding hydrogens is 186 g/mol. The highest BCUT2D eigenvalue weighted by atomic mass is 15.2. The number of nitrogens with one attached hydrogen (secondary N) is 1. The van der Waals surface area contributed by atoms with Gasteiger partial charge >= 0.3 is 0 Å². The molecule has 0 spiro atoms. The lowest BCUT2D eigenvalue weighted by Gasteiger charge is -2.32. The summed E-state index contributed by atoms with van der Waals surface area (Å²) in [6.07, 6.45) is 1.28. The molecule has 1 saturated heterocycles. The van der Waals surface area contributed by atoms with Gasteiger partial charge in [-0.25, -0.2) is 0 Å². The van der Waals surface area contributed by atoms with Crippen LogP contribution in [-0.4, -0.2) is 62.7 Å². The summed E-state index contributed by atoms with van der Waals surface area (Å²) in [5, 5.41) is 3.54. The molecule has 0 aromatic carbocycles. The summed E-state index contributed by atoms with van der Waals surface area (Å²) in [6.45, 7) is 13.0. The van der Waals surface area contributed by atoms with Crippen LogP contribution in [0.1, 0.15) is 20.3 Å². The van der Waals surface area contributed by atoms with E-state index >= 15 is 0 Å². The van der Waals surface area contributed by atoms with Crippen LogP contribution in [0.3, 0.4) is 0 Å². The molecule has 15 heavy (non-hydrogen) atoms. The quantitative estimate of drug-likeness (QED) is 0.661. The number of hydrogen-bond donors (Lipinski definition) is 1. The van der Waals surface area contributed by atoms with Crippen LogP contribution in [0.15, 0.2) is 0 Å². The van der Waals surface area contributed by atoms with Gasteiger partial charge in [-0.1, -0.05) is 20.3 Å². The molecule has 0 bridgehead atoms. The lowest BCUT2D eigenvalue weighted by molar-refractivity contribution is 0.154. The zero-order valence-corrected chi connectivity index (χ0v) is 10.6. The molecule has 1 aliphatic rings. The molecular formula is C12H27N3. The van der Waals surface area contributed by atoms with E-state index in [2.05, 4.69) is 36.0 Å². The molecule has 0 aliphatic carbocycles. The van der Waals surface area contributed by atoms with Crippen LogP contribution in [0.4, 0.5) is 0 Å². The Labute approximate surface area is 94.8 Å². The maximum absolute atomic E-state index is 3.54. The van der Waals surface area contributed by atoms with E-state index in [9.17, 15) is 0 Å². The molecule has 1 atom stereocenters. The van der Waals surface area contributed by atoms with Crippen LogP contribution in [0.2, 0.25) is 0 Å². The van der Waals surface area contributed by atoms with Crippen LogP contribution in [-0.2, 0) is 0 Å². The van der Waals surface area contributed by atoms with E-state index in [0.29, 0.717) is 0 Å². The Hall–Kier alpha value is -0.120. The summed E-state index contributed by atoms with van der Waals surface area (Å²) in [7, 11) is 2.21. The van der Waals surface area contributed by atoms with Crippen molar-refractivity contribution in [3.63, 3.8) is 0 Å². The zero-order chi connectivity index (χ0) is 11.1. The van der Waals surface area contributed by atoms with Gasteiger partial charge in [-0.15, -0.1) is 0 Å². The molecule has 0 aromatic heterocycles. The van der Waals surface area contributed by atoms with Gasteiger partial charge in [0.1, 0.15) is 0 Å². The maximum Gasteiger partial charge on any atom is 0.0110 e. The normalized spacial score (nSPS) is 21.8. The minimum Gasteiger partial charge on any atom is -0.315 e. The number of rotatable bonds is 6. The second-order valence-corrected chi connectivity index (χ2v) is 4.86. The van der Waals surface area contributed by atoms with Crippen molar-refractivity contribution in [2.75, 3.05) is 52.9 Å². The highest BCUT2D eigenvalue weighted by Crippen LogP contribution is 1.99. The van der Waals surface area contributed by atoms with Crippen molar-refractivity contribution in [3.05, 3.63) is 0 Å². The first-order valence-electron chi connectivity index (χ1n) is 6.34. The highest BCUT2D eigenvalue weighted by molar-refractivity contribution is 4.69. The van der Waals surface area contributed by atoms with Crippen molar-refractivity contribution in [1.82, 2.24) is 15.1 Å². The third-order valence-corrected chi connectivity index (χ3v) is 3.39. The van der Waals surface area contributed by atoms with E-state index in [1.165, 1.54) is 45.7 Å². The van der Waals surface area contributed by atoms with Gasteiger partial charge in [-0.2, -0.15) is 0 Å². The molecule has 3 nitrogen and oxygen atoms in total. The highest BCUT2D eigenvalue weighted by Gasteiger charge is 2.12. The van der Waals surface area contributed by atoms with E-state index in [4.69, 9.17) is 0 Å². The standard InChI is InChI=1S/C12H27N3/c1-4-12(2)11-13-5-6-15-9-7-14(3)8-10-15/h12-13H,4-11H2,1-3H3. The van der Waals surface area contributed by atoms with E-state index in [1.54, 1.807) is 0 Å². The minimum absolute atomic E-state index is 0.817. The smallest absolute Gasteiger partial charge is 0.0110 e. The number of likely N-dealkylation sites (N-methyl/N-ethyl adjacent to an activating group) is 1. The van der Waals surface area contributed by atoms with Crippen LogP contribution in [0, 0.1) is 5.92 Å². The van der Waals surface area contributed by atoms with Gasteiger partial charge < -0.3 is 10.2 Å². The van der Waals surface area contributed by atoms with Gasteiger partial charge in [0.2, 0.25) is 0 Å². The van der Waals surface area contributed by atoms with E-state index in [1.807, 2.05) is 0 Å². The molecule has 0 aromatic rings. The Morgan fingerprint density at radius 1 is 1.20 bits per heavy atom. The minimum atomic E-state index is 0.817. The molecule has 1 fully saturated rings. The van der Waals surface area contributed by atoms with Crippen LogP contribution >= 0.6 is 0 Å². The van der Waals surface area contributed by atoms with Crippen molar-refractivity contribution in [2.24, 2.45) is 5.92 Å².